The molecule has 0 bridgehead atoms. The predicted octanol–water partition coefficient (Wildman–Crippen LogP) is 3.80. The van der Waals surface area contributed by atoms with Gasteiger partial charge in [0.05, 0.1) is 19.6 Å². The molecule has 1 N–H and O–H groups in total. The molecule has 1 atom stereocenters. The van der Waals surface area contributed by atoms with Gasteiger partial charge in [-0.25, -0.2) is 4.39 Å². The highest BCUT2D eigenvalue weighted by Crippen LogP contribution is 2.41. The van der Waals surface area contributed by atoms with Crippen LogP contribution >= 0.6 is 0 Å². The number of hydrogen-bond acceptors (Lipinski definition) is 3. The average molecular weight is 343 g/mol. The lowest BCUT2D eigenvalue weighted by atomic mass is 9.89. The Labute approximate surface area is 147 Å². The van der Waals surface area contributed by atoms with E-state index in [1.807, 2.05) is 32.0 Å². The molecule has 3 rings (SSSR count). The summed E-state index contributed by atoms with van der Waals surface area (Å²) in [6.45, 7) is 3.96. The third kappa shape index (κ3) is 3.92. The van der Waals surface area contributed by atoms with Gasteiger partial charge in [-0.15, -0.1) is 0 Å². The Balaban J connectivity index is 1.80. The number of carbonyl (C=O) groups is 1. The lowest BCUT2D eigenvalue weighted by Gasteiger charge is -2.38. The smallest absolute Gasteiger partial charge is 0.225 e. The number of carbonyl (C=O) groups excluding carboxylic acids is 1. The van der Waals surface area contributed by atoms with E-state index in [9.17, 15) is 9.18 Å². The second-order valence-electron chi connectivity index (χ2n) is 6.86. The minimum Gasteiger partial charge on any atom is -0.497 e. The SMILES string of the molecule is COc1ccc2c(c1)OC(C)(C)C[C@H]2NC(=O)Cc1ccccc1F. The summed E-state index contributed by atoms with van der Waals surface area (Å²) >= 11 is 0. The lowest BCUT2D eigenvalue weighted by molar-refractivity contribution is -0.121. The highest BCUT2D eigenvalue weighted by Gasteiger charge is 2.34. The summed E-state index contributed by atoms with van der Waals surface area (Å²) < 4.78 is 25.0. The number of benzene rings is 2. The highest BCUT2D eigenvalue weighted by molar-refractivity contribution is 5.79. The zero-order valence-electron chi connectivity index (χ0n) is 14.6. The van der Waals surface area contributed by atoms with Crippen LogP contribution in [0.25, 0.3) is 0 Å². The number of methoxy groups -OCH3 is 1. The number of halogens is 1. The molecule has 4 nitrogen and oxygen atoms in total. The molecule has 0 fully saturated rings. The van der Waals surface area contributed by atoms with Crippen molar-refractivity contribution in [3.8, 4) is 11.5 Å². The number of rotatable bonds is 4. The maximum Gasteiger partial charge on any atom is 0.225 e. The summed E-state index contributed by atoms with van der Waals surface area (Å²) in [4.78, 5) is 12.4. The third-order valence-electron chi connectivity index (χ3n) is 4.32. The van der Waals surface area contributed by atoms with Crippen molar-refractivity contribution in [1.82, 2.24) is 5.32 Å². The molecule has 5 heteroatoms. The van der Waals surface area contributed by atoms with E-state index in [0.717, 1.165) is 5.56 Å². The van der Waals surface area contributed by atoms with Crippen molar-refractivity contribution in [3.63, 3.8) is 0 Å². The first-order valence-electron chi connectivity index (χ1n) is 8.28. The standard InChI is InChI=1S/C20H22FNO3/c1-20(2)12-17(15-9-8-14(24-3)11-18(15)25-20)22-19(23)10-13-6-4-5-7-16(13)21/h4-9,11,17H,10,12H2,1-3H3,(H,22,23)/t17-/m1/s1. The number of nitrogens with one attached hydrogen (secondary N) is 1. The van der Waals surface area contributed by atoms with E-state index in [4.69, 9.17) is 9.47 Å². The molecule has 1 aliphatic heterocycles. The maximum atomic E-state index is 13.8. The van der Waals surface area contributed by atoms with Gasteiger partial charge in [0.15, 0.2) is 0 Å². The van der Waals surface area contributed by atoms with Crippen LogP contribution in [-0.2, 0) is 11.2 Å². The molecule has 25 heavy (non-hydrogen) atoms. The van der Waals surface area contributed by atoms with Gasteiger partial charge in [-0.05, 0) is 37.6 Å². The van der Waals surface area contributed by atoms with Gasteiger partial charge in [-0.2, -0.15) is 0 Å². The molecule has 2 aromatic carbocycles. The maximum absolute atomic E-state index is 13.8. The molecule has 1 aliphatic rings. The molecule has 132 valence electrons. The predicted molar refractivity (Wildman–Crippen MR) is 93.3 cm³/mol. The van der Waals surface area contributed by atoms with Crippen LogP contribution in [0.1, 0.15) is 37.4 Å². The summed E-state index contributed by atoms with van der Waals surface area (Å²) in [6.07, 6.45) is 0.644. The fraction of sp³-hybridized carbons (Fsp3) is 0.350. The Hall–Kier alpha value is -2.56. The molecule has 0 saturated heterocycles. The molecule has 0 unspecified atom stereocenters. The van der Waals surface area contributed by atoms with E-state index in [2.05, 4.69) is 5.32 Å². The summed E-state index contributed by atoms with van der Waals surface area (Å²) in [7, 11) is 1.60. The summed E-state index contributed by atoms with van der Waals surface area (Å²) in [6, 6.07) is 11.7. The molecule has 0 aliphatic carbocycles. The Kier molecular flexibility index (Phi) is 4.66. The van der Waals surface area contributed by atoms with E-state index in [0.29, 0.717) is 23.5 Å². The molecule has 0 spiro atoms. The van der Waals surface area contributed by atoms with Gasteiger partial charge < -0.3 is 14.8 Å². The molecule has 2 aromatic rings. The summed E-state index contributed by atoms with van der Waals surface area (Å²) in [5.74, 6) is 0.823. The molecule has 0 saturated carbocycles. The van der Waals surface area contributed by atoms with Crippen LogP contribution in [0.15, 0.2) is 42.5 Å². The fourth-order valence-electron chi connectivity index (χ4n) is 3.15. The van der Waals surface area contributed by atoms with Crippen LogP contribution in [-0.4, -0.2) is 18.6 Å². The fourth-order valence-corrected chi connectivity index (χ4v) is 3.15. The van der Waals surface area contributed by atoms with Gasteiger partial charge in [0.1, 0.15) is 22.9 Å². The quantitative estimate of drug-likeness (QED) is 0.919. The molecule has 0 radical (unpaired) electrons. The van der Waals surface area contributed by atoms with Crippen molar-refractivity contribution in [3.05, 3.63) is 59.4 Å². The Bertz CT molecular complexity index is 788. The molecular weight excluding hydrogens is 321 g/mol. The lowest BCUT2D eigenvalue weighted by Crippen LogP contribution is -2.41. The molecule has 1 heterocycles. The minimum absolute atomic E-state index is 0.00987. The molecule has 0 aromatic heterocycles. The van der Waals surface area contributed by atoms with Gasteiger partial charge in [-0.1, -0.05) is 18.2 Å². The van der Waals surface area contributed by atoms with Crippen LogP contribution in [0.4, 0.5) is 4.39 Å². The van der Waals surface area contributed by atoms with Crippen molar-refractivity contribution in [2.45, 2.75) is 38.3 Å². The van der Waals surface area contributed by atoms with E-state index in [1.54, 1.807) is 25.3 Å². The zero-order chi connectivity index (χ0) is 18.0. The van der Waals surface area contributed by atoms with E-state index in [-0.39, 0.29) is 24.2 Å². The summed E-state index contributed by atoms with van der Waals surface area (Å²) in [5.41, 5.74) is 0.873. The third-order valence-corrected chi connectivity index (χ3v) is 4.32. The van der Waals surface area contributed by atoms with Crippen molar-refractivity contribution >= 4 is 5.91 Å². The van der Waals surface area contributed by atoms with Crippen LogP contribution < -0.4 is 14.8 Å². The number of fused-ring (bicyclic) bond motifs is 1. The van der Waals surface area contributed by atoms with Gasteiger partial charge >= 0.3 is 0 Å². The minimum atomic E-state index is -0.421. The first kappa shape index (κ1) is 17.3. The van der Waals surface area contributed by atoms with Crippen molar-refractivity contribution < 1.29 is 18.7 Å². The van der Waals surface area contributed by atoms with E-state index in [1.165, 1.54) is 6.07 Å². The van der Waals surface area contributed by atoms with Crippen molar-refractivity contribution in [1.29, 1.82) is 0 Å². The van der Waals surface area contributed by atoms with Crippen LogP contribution in [0.3, 0.4) is 0 Å². The van der Waals surface area contributed by atoms with E-state index >= 15 is 0 Å². The topological polar surface area (TPSA) is 47.6 Å². The second-order valence-corrected chi connectivity index (χ2v) is 6.86. The normalized spacial score (nSPS) is 18.0. The second kappa shape index (κ2) is 6.75. The van der Waals surface area contributed by atoms with Crippen molar-refractivity contribution in [2.24, 2.45) is 0 Å². The number of ether oxygens (including phenoxy) is 2. The van der Waals surface area contributed by atoms with Crippen LogP contribution in [0.2, 0.25) is 0 Å². The zero-order valence-corrected chi connectivity index (χ0v) is 14.6. The first-order valence-corrected chi connectivity index (χ1v) is 8.28. The average Bonchev–Trinajstić information content (AvgIpc) is 2.55. The van der Waals surface area contributed by atoms with E-state index < -0.39 is 5.60 Å². The monoisotopic (exact) mass is 343 g/mol. The Morgan fingerprint density at radius 2 is 2.08 bits per heavy atom. The Morgan fingerprint density at radius 1 is 1.32 bits per heavy atom. The Morgan fingerprint density at radius 3 is 2.80 bits per heavy atom. The largest absolute Gasteiger partial charge is 0.497 e. The number of hydrogen-bond donors (Lipinski definition) is 1. The highest BCUT2D eigenvalue weighted by atomic mass is 19.1. The van der Waals surface area contributed by atoms with Gasteiger partial charge in [0, 0.05) is 18.1 Å². The first-order chi connectivity index (χ1) is 11.9. The molecular formula is C20H22FNO3. The van der Waals surface area contributed by atoms with Crippen LogP contribution in [0.5, 0.6) is 11.5 Å². The number of amides is 1. The summed E-state index contributed by atoms with van der Waals surface area (Å²) in [5, 5.41) is 3.02. The van der Waals surface area contributed by atoms with Crippen LogP contribution in [0, 0.1) is 5.82 Å². The van der Waals surface area contributed by atoms with Gasteiger partial charge in [0.2, 0.25) is 5.91 Å². The molecule has 1 amide bonds. The van der Waals surface area contributed by atoms with Crippen molar-refractivity contribution in [2.75, 3.05) is 7.11 Å². The van der Waals surface area contributed by atoms with Gasteiger partial charge in [-0.3, -0.25) is 4.79 Å². The van der Waals surface area contributed by atoms with Gasteiger partial charge in [0.25, 0.3) is 0 Å².